The highest BCUT2D eigenvalue weighted by molar-refractivity contribution is 6.35. The Hall–Kier alpha value is -4.41. The summed E-state index contributed by atoms with van der Waals surface area (Å²) in [4.78, 5) is 18.4. The van der Waals surface area contributed by atoms with Crippen molar-refractivity contribution in [2.45, 2.75) is 69.9 Å². The lowest BCUT2D eigenvalue weighted by Crippen LogP contribution is -2.63. The van der Waals surface area contributed by atoms with E-state index in [1.807, 2.05) is 24.3 Å². The molecule has 2 atom stereocenters. The van der Waals surface area contributed by atoms with Crippen molar-refractivity contribution < 1.29 is 34.3 Å². The third-order valence-electron chi connectivity index (χ3n) is 11.0. The van der Waals surface area contributed by atoms with Crippen molar-refractivity contribution in [3.63, 3.8) is 0 Å². The van der Waals surface area contributed by atoms with E-state index in [1.54, 1.807) is 24.4 Å². The van der Waals surface area contributed by atoms with Crippen LogP contribution in [0, 0.1) is 16.7 Å². The van der Waals surface area contributed by atoms with Crippen LogP contribution in [-0.2, 0) is 24.4 Å². The number of nitrogens with zero attached hydrogens (tertiary/aromatic N) is 3. The highest BCUT2D eigenvalue weighted by Gasteiger charge is 2.51. The Morgan fingerprint density at radius 3 is 2.60 bits per heavy atom. The summed E-state index contributed by atoms with van der Waals surface area (Å²) in [5.41, 5.74) is 4.44. The van der Waals surface area contributed by atoms with E-state index < -0.39 is 18.1 Å². The number of rotatable bonds is 16. The van der Waals surface area contributed by atoms with E-state index in [0.717, 1.165) is 67.6 Å². The molecule has 13 heteroatoms. The molecule has 3 aliphatic rings. The second kappa shape index (κ2) is 16.4. The predicted molar refractivity (Wildman–Crippen MR) is 208 cm³/mol. The zero-order valence-electron chi connectivity index (χ0n) is 30.6. The molecule has 4 aromatic rings. The molecule has 4 N–H and O–H groups in total. The number of aliphatic hydroxyl groups excluding tert-OH is 2. The molecule has 0 radical (unpaired) electrons. The first kappa shape index (κ1) is 38.8. The number of ether oxygens (including phenoxy) is 3. The molecule has 1 spiro atoms. The van der Waals surface area contributed by atoms with Crippen LogP contribution < -0.4 is 19.5 Å². The van der Waals surface area contributed by atoms with Gasteiger partial charge in [0, 0.05) is 66.7 Å². The van der Waals surface area contributed by atoms with Crippen LogP contribution >= 0.6 is 23.2 Å². The fraction of sp³-hybridized carbons (Fsp3) is 0.405. The van der Waals surface area contributed by atoms with Gasteiger partial charge in [0.05, 0.1) is 34.9 Å². The van der Waals surface area contributed by atoms with Crippen LogP contribution in [-0.4, -0.2) is 75.7 Å². The number of aromatic nitrogens is 1. The van der Waals surface area contributed by atoms with Crippen molar-refractivity contribution in [1.29, 1.82) is 5.26 Å². The Bertz CT molecular complexity index is 2090. The number of aliphatic hydroxyl groups is 2. The first-order valence-electron chi connectivity index (χ1n) is 18.5. The van der Waals surface area contributed by atoms with Gasteiger partial charge in [-0.3, -0.25) is 15.1 Å². The molecule has 0 bridgehead atoms. The SMILES string of the molecule is C[C@](CO)(NCc1cc(Cl)c(O[C@H]2CCc3c(-c4cccc(OCCCN5CC6(CC(O)C6)C5)c4Cl)cccc32)cc1OCc1cncc(C#N)c1)C(=O)O. The number of carbonyl (C=O) groups is 1. The second-order valence-corrected chi connectivity index (χ2v) is 15.9. The van der Waals surface area contributed by atoms with E-state index in [0.29, 0.717) is 62.4 Å². The number of nitrogens with one attached hydrogen (secondary N) is 1. The Labute approximate surface area is 330 Å². The second-order valence-electron chi connectivity index (χ2n) is 15.1. The molecular formula is C42H44Cl2N4O7. The largest absolute Gasteiger partial charge is 0.492 e. The van der Waals surface area contributed by atoms with Gasteiger partial charge in [-0.15, -0.1) is 0 Å². The molecule has 0 amide bonds. The quantitative estimate of drug-likeness (QED) is 0.0894. The summed E-state index contributed by atoms with van der Waals surface area (Å²) in [5, 5.41) is 42.2. The lowest BCUT2D eigenvalue weighted by Gasteiger charge is -2.58. The molecule has 1 saturated heterocycles. The first-order chi connectivity index (χ1) is 26.5. The van der Waals surface area contributed by atoms with Crippen LogP contribution in [0.5, 0.6) is 17.2 Å². The Kier molecular flexibility index (Phi) is 11.6. The van der Waals surface area contributed by atoms with Gasteiger partial charge in [0.15, 0.2) is 0 Å². The van der Waals surface area contributed by atoms with Gasteiger partial charge in [0.2, 0.25) is 0 Å². The van der Waals surface area contributed by atoms with E-state index in [4.69, 9.17) is 37.4 Å². The Balaban J connectivity index is 1.06. The molecule has 7 rings (SSSR count). The summed E-state index contributed by atoms with van der Waals surface area (Å²) < 4.78 is 19.0. The van der Waals surface area contributed by atoms with Gasteiger partial charge >= 0.3 is 5.97 Å². The van der Waals surface area contributed by atoms with Crippen molar-refractivity contribution in [2.75, 3.05) is 32.8 Å². The maximum atomic E-state index is 11.9. The molecule has 55 heavy (non-hydrogen) atoms. The number of hydrogen-bond acceptors (Lipinski definition) is 10. The number of nitriles is 1. The molecule has 2 aliphatic carbocycles. The number of benzene rings is 3. The highest BCUT2D eigenvalue weighted by atomic mass is 35.5. The fourth-order valence-corrected chi connectivity index (χ4v) is 8.43. The van der Waals surface area contributed by atoms with Crippen molar-refractivity contribution in [3.8, 4) is 34.4 Å². The summed E-state index contributed by atoms with van der Waals surface area (Å²) in [6.07, 6.45) is 6.84. The van der Waals surface area contributed by atoms with Crippen LogP contribution in [0.4, 0.5) is 0 Å². The van der Waals surface area contributed by atoms with Crippen molar-refractivity contribution in [2.24, 2.45) is 5.41 Å². The van der Waals surface area contributed by atoms with Gasteiger partial charge in [-0.25, -0.2) is 0 Å². The number of hydrogen-bond donors (Lipinski definition) is 4. The summed E-state index contributed by atoms with van der Waals surface area (Å²) >= 11 is 13.8. The number of fused-ring (bicyclic) bond motifs is 1. The average Bonchev–Trinajstić information content (AvgIpc) is 3.57. The van der Waals surface area contributed by atoms with Gasteiger partial charge < -0.3 is 34.4 Å². The monoisotopic (exact) mass is 786 g/mol. The summed E-state index contributed by atoms with van der Waals surface area (Å²) in [6.45, 7) is 4.51. The maximum absolute atomic E-state index is 11.9. The molecule has 1 aliphatic heterocycles. The van der Waals surface area contributed by atoms with E-state index in [1.165, 1.54) is 13.1 Å². The lowest BCUT2D eigenvalue weighted by atomic mass is 9.62. The molecular weight excluding hydrogens is 743 g/mol. The van der Waals surface area contributed by atoms with Crippen LogP contribution in [0.15, 0.2) is 67.0 Å². The number of aliphatic carboxylic acids is 1. The highest BCUT2D eigenvalue weighted by Crippen LogP contribution is 2.48. The van der Waals surface area contributed by atoms with Gasteiger partial charge in [-0.05, 0) is 73.9 Å². The molecule has 2 heterocycles. The van der Waals surface area contributed by atoms with Crippen LogP contribution in [0.25, 0.3) is 11.1 Å². The minimum atomic E-state index is -1.59. The minimum Gasteiger partial charge on any atom is -0.492 e. The maximum Gasteiger partial charge on any atom is 0.326 e. The van der Waals surface area contributed by atoms with Gasteiger partial charge in [-0.1, -0.05) is 53.5 Å². The summed E-state index contributed by atoms with van der Waals surface area (Å²) in [7, 11) is 0. The van der Waals surface area contributed by atoms with Crippen molar-refractivity contribution in [3.05, 3.63) is 105 Å². The van der Waals surface area contributed by atoms with Gasteiger partial charge in [0.25, 0.3) is 0 Å². The van der Waals surface area contributed by atoms with Crippen LogP contribution in [0.1, 0.15) is 66.5 Å². The summed E-state index contributed by atoms with van der Waals surface area (Å²) in [6, 6.07) is 19.1. The smallest absolute Gasteiger partial charge is 0.326 e. The third kappa shape index (κ3) is 8.41. The molecule has 11 nitrogen and oxygen atoms in total. The van der Waals surface area contributed by atoms with Crippen LogP contribution in [0.3, 0.4) is 0 Å². The fourth-order valence-electron chi connectivity index (χ4n) is 7.92. The molecule has 3 aromatic carbocycles. The molecule has 1 aromatic heterocycles. The number of pyridine rings is 1. The van der Waals surface area contributed by atoms with Crippen molar-refractivity contribution in [1.82, 2.24) is 15.2 Å². The molecule has 288 valence electrons. The first-order valence-corrected chi connectivity index (χ1v) is 19.2. The normalized spacial score (nSPS) is 18.4. The van der Waals surface area contributed by atoms with E-state index in [9.17, 15) is 25.4 Å². The minimum absolute atomic E-state index is 0.0270. The van der Waals surface area contributed by atoms with E-state index in [2.05, 4.69) is 33.4 Å². The topological polar surface area (TPSA) is 157 Å². The third-order valence-corrected chi connectivity index (χ3v) is 11.6. The number of carboxylic acid groups (broad SMARTS) is 1. The van der Waals surface area contributed by atoms with Gasteiger partial charge in [-0.2, -0.15) is 5.26 Å². The Morgan fingerprint density at radius 2 is 1.85 bits per heavy atom. The zero-order chi connectivity index (χ0) is 38.7. The molecule has 1 saturated carbocycles. The zero-order valence-corrected chi connectivity index (χ0v) is 32.1. The van der Waals surface area contributed by atoms with Gasteiger partial charge in [0.1, 0.15) is 41.6 Å². The Morgan fingerprint density at radius 1 is 1.07 bits per heavy atom. The van der Waals surface area contributed by atoms with E-state index in [-0.39, 0.29) is 25.4 Å². The number of likely N-dealkylation sites (tertiary alicyclic amines) is 1. The van der Waals surface area contributed by atoms with E-state index >= 15 is 0 Å². The predicted octanol–water partition coefficient (Wildman–Crippen LogP) is 6.72. The summed E-state index contributed by atoms with van der Waals surface area (Å²) in [5.74, 6) is 0.229. The van der Waals surface area contributed by atoms with Crippen molar-refractivity contribution >= 4 is 29.2 Å². The molecule has 0 unspecified atom stereocenters. The number of carboxylic acids is 1. The lowest BCUT2D eigenvalue weighted by molar-refractivity contribution is -0.145. The average molecular weight is 788 g/mol. The standard InChI is InChI=1S/C42H44Cl2N4O7/c1-41(25-49,40(51)52)47-21-28-14-34(43)38(15-37(28)54-22-27-13-26(18-45)19-46-20-27)55-35-10-9-31-30(5-2-6-32(31)35)33-7-3-8-36(39(33)44)53-12-4-11-48-23-42(24-48)16-29(50)17-42/h2-3,5-8,13-15,19-20,29,35,47,49-50H,4,9-12,16-17,21-25H2,1H3,(H,51,52)/t35-,41+/m0/s1. The number of halogens is 2. The van der Waals surface area contributed by atoms with Crippen LogP contribution in [0.2, 0.25) is 10.0 Å². The molecule has 2 fully saturated rings.